The number of benzene rings is 1. The summed E-state index contributed by atoms with van der Waals surface area (Å²) in [5.41, 5.74) is 5.76. The van der Waals surface area contributed by atoms with Gasteiger partial charge in [-0.1, -0.05) is 81.7 Å². The Morgan fingerprint density at radius 2 is 1.75 bits per heavy atom. The predicted octanol–water partition coefficient (Wildman–Crippen LogP) is 4.56. The third-order valence-electron chi connectivity index (χ3n) is 4.10. The SMILES string of the molecule is CC.CCC1C=CC=CC1C1=C(C)[B]c2ccccc21. The molecule has 2 atom stereocenters. The van der Waals surface area contributed by atoms with Crippen LogP contribution in [0.1, 0.15) is 39.7 Å². The lowest BCUT2D eigenvalue weighted by atomic mass is 9.67. The maximum Gasteiger partial charge on any atom is 0.186 e. The average molecular weight is 263 g/mol. The quantitative estimate of drug-likeness (QED) is 0.686. The third-order valence-corrected chi connectivity index (χ3v) is 4.10. The summed E-state index contributed by atoms with van der Waals surface area (Å²) in [6.45, 7) is 8.52. The molecule has 2 unspecified atom stereocenters. The molecule has 1 aromatic carbocycles. The van der Waals surface area contributed by atoms with Gasteiger partial charge in [0.25, 0.3) is 0 Å². The highest BCUT2D eigenvalue weighted by molar-refractivity contribution is 6.66. The first kappa shape index (κ1) is 14.9. The van der Waals surface area contributed by atoms with Gasteiger partial charge in [-0.3, -0.25) is 0 Å². The zero-order valence-corrected chi connectivity index (χ0v) is 13.1. The summed E-state index contributed by atoms with van der Waals surface area (Å²) in [4.78, 5) is 0. The summed E-state index contributed by atoms with van der Waals surface area (Å²) < 4.78 is 0. The van der Waals surface area contributed by atoms with Crippen molar-refractivity contribution < 1.29 is 0 Å². The second-order valence-electron chi connectivity index (χ2n) is 5.20. The molecule has 0 bridgehead atoms. The van der Waals surface area contributed by atoms with Crippen molar-refractivity contribution in [2.24, 2.45) is 11.8 Å². The lowest BCUT2D eigenvalue weighted by Gasteiger charge is -2.26. The molecular formula is C19H24B. The Morgan fingerprint density at radius 3 is 2.50 bits per heavy atom. The Kier molecular flexibility index (Phi) is 5.06. The van der Waals surface area contributed by atoms with Crippen molar-refractivity contribution in [1.29, 1.82) is 0 Å². The van der Waals surface area contributed by atoms with E-state index in [0.717, 1.165) is 0 Å². The summed E-state index contributed by atoms with van der Waals surface area (Å²) in [6, 6.07) is 8.75. The van der Waals surface area contributed by atoms with Crippen LogP contribution in [-0.4, -0.2) is 7.28 Å². The summed E-state index contributed by atoms with van der Waals surface area (Å²) in [6.07, 6.45) is 10.3. The van der Waals surface area contributed by atoms with Crippen molar-refractivity contribution in [3.8, 4) is 0 Å². The van der Waals surface area contributed by atoms with Gasteiger partial charge in [0.05, 0.1) is 0 Å². The fraction of sp³-hybridized carbons (Fsp3) is 0.368. The van der Waals surface area contributed by atoms with Crippen molar-refractivity contribution >= 4 is 18.3 Å². The van der Waals surface area contributed by atoms with Crippen LogP contribution in [0.2, 0.25) is 0 Å². The molecule has 0 nitrogen and oxygen atoms in total. The second kappa shape index (κ2) is 6.79. The zero-order chi connectivity index (χ0) is 14.5. The predicted molar refractivity (Wildman–Crippen MR) is 91.3 cm³/mol. The van der Waals surface area contributed by atoms with Crippen LogP contribution in [0.15, 0.2) is 54.0 Å². The van der Waals surface area contributed by atoms with Gasteiger partial charge in [-0.05, 0) is 23.5 Å². The molecule has 1 heteroatoms. The number of hydrogen-bond donors (Lipinski definition) is 0. The Morgan fingerprint density at radius 1 is 1.05 bits per heavy atom. The Bertz CT molecular complexity index is 549. The summed E-state index contributed by atoms with van der Waals surface area (Å²) >= 11 is 0. The summed E-state index contributed by atoms with van der Waals surface area (Å²) in [5.74, 6) is 1.18. The van der Waals surface area contributed by atoms with Gasteiger partial charge in [0.15, 0.2) is 7.28 Å². The van der Waals surface area contributed by atoms with E-state index in [4.69, 9.17) is 0 Å². The summed E-state index contributed by atoms with van der Waals surface area (Å²) in [7, 11) is 2.32. The fourth-order valence-corrected chi connectivity index (χ4v) is 3.19. The van der Waals surface area contributed by atoms with Crippen LogP contribution in [0.5, 0.6) is 0 Å². The molecular weight excluding hydrogens is 239 g/mol. The van der Waals surface area contributed by atoms with Crippen LogP contribution in [0.4, 0.5) is 0 Å². The van der Waals surface area contributed by atoms with Crippen molar-refractivity contribution in [1.82, 2.24) is 0 Å². The first-order valence-electron chi connectivity index (χ1n) is 7.81. The number of fused-ring (bicyclic) bond motifs is 1. The molecule has 0 N–H and O–H groups in total. The van der Waals surface area contributed by atoms with Crippen molar-refractivity contribution in [2.75, 3.05) is 0 Å². The minimum atomic E-state index is 0.542. The van der Waals surface area contributed by atoms with E-state index in [9.17, 15) is 0 Å². The minimum absolute atomic E-state index is 0.542. The molecule has 1 aromatic rings. The molecule has 0 fully saturated rings. The van der Waals surface area contributed by atoms with Gasteiger partial charge >= 0.3 is 0 Å². The smallest absolute Gasteiger partial charge is 0.101 e. The number of rotatable bonds is 2. The van der Waals surface area contributed by atoms with Crippen LogP contribution < -0.4 is 5.46 Å². The Balaban J connectivity index is 0.000000704. The molecule has 103 valence electrons. The highest BCUT2D eigenvalue weighted by Crippen LogP contribution is 2.38. The zero-order valence-electron chi connectivity index (χ0n) is 13.1. The van der Waals surface area contributed by atoms with Crippen LogP contribution in [-0.2, 0) is 0 Å². The maximum absolute atomic E-state index is 2.36. The van der Waals surface area contributed by atoms with Gasteiger partial charge < -0.3 is 0 Å². The van der Waals surface area contributed by atoms with E-state index >= 15 is 0 Å². The van der Waals surface area contributed by atoms with E-state index in [1.807, 2.05) is 13.8 Å². The molecule has 1 aliphatic carbocycles. The van der Waals surface area contributed by atoms with Crippen LogP contribution in [0, 0.1) is 11.8 Å². The lowest BCUT2D eigenvalue weighted by Crippen LogP contribution is -2.15. The van der Waals surface area contributed by atoms with E-state index in [1.54, 1.807) is 0 Å². The first-order chi connectivity index (χ1) is 9.81. The van der Waals surface area contributed by atoms with Gasteiger partial charge in [-0.15, -0.1) is 5.47 Å². The second-order valence-corrected chi connectivity index (χ2v) is 5.20. The summed E-state index contributed by atoms with van der Waals surface area (Å²) in [5, 5.41) is 0. The third kappa shape index (κ3) is 2.68. The molecule has 20 heavy (non-hydrogen) atoms. The molecule has 0 amide bonds. The Hall–Kier alpha value is -1.50. The average Bonchev–Trinajstić information content (AvgIpc) is 2.85. The molecule has 1 aliphatic heterocycles. The van der Waals surface area contributed by atoms with E-state index in [0.29, 0.717) is 11.8 Å². The molecule has 0 spiro atoms. The molecule has 0 saturated carbocycles. The standard InChI is InChI=1S/C17H18B.C2H6/c1-3-13-8-4-5-9-14(13)17-12(2)18-16-11-7-6-10-15(16)17;1-2/h4-11,13-14H,3H2,1-2H3;1-2H3. The Labute approximate surface area is 124 Å². The van der Waals surface area contributed by atoms with Gasteiger partial charge in [-0.2, -0.15) is 0 Å². The molecule has 0 saturated heterocycles. The minimum Gasteiger partial charge on any atom is -0.101 e. The number of hydrogen-bond acceptors (Lipinski definition) is 0. The fourth-order valence-electron chi connectivity index (χ4n) is 3.19. The van der Waals surface area contributed by atoms with Crippen molar-refractivity contribution in [3.63, 3.8) is 0 Å². The van der Waals surface area contributed by atoms with E-state index < -0.39 is 0 Å². The van der Waals surface area contributed by atoms with E-state index in [1.165, 1.54) is 28.5 Å². The molecule has 1 radical (unpaired) electrons. The van der Waals surface area contributed by atoms with Crippen LogP contribution in [0.25, 0.3) is 5.57 Å². The van der Waals surface area contributed by atoms with Crippen LogP contribution >= 0.6 is 0 Å². The largest absolute Gasteiger partial charge is 0.186 e. The molecule has 3 rings (SSSR count). The van der Waals surface area contributed by atoms with Gasteiger partial charge in [-0.25, -0.2) is 0 Å². The van der Waals surface area contributed by atoms with Crippen LogP contribution in [0.3, 0.4) is 0 Å². The molecule has 0 aromatic heterocycles. The van der Waals surface area contributed by atoms with Crippen molar-refractivity contribution in [3.05, 3.63) is 59.6 Å². The van der Waals surface area contributed by atoms with E-state index in [-0.39, 0.29) is 0 Å². The highest BCUT2D eigenvalue weighted by Gasteiger charge is 2.28. The highest BCUT2D eigenvalue weighted by atomic mass is 14.3. The van der Waals surface area contributed by atoms with Gasteiger partial charge in [0, 0.05) is 5.92 Å². The van der Waals surface area contributed by atoms with E-state index in [2.05, 4.69) is 69.7 Å². The van der Waals surface area contributed by atoms with Gasteiger partial charge in [0.1, 0.15) is 0 Å². The molecule has 1 heterocycles. The maximum atomic E-state index is 2.36. The monoisotopic (exact) mass is 263 g/mol. The topological polar surface area (TPSA) is 0 Å². The number of allylic oxidation sites excluding steroid dienone is 6. The van der Waals surface area contributed by atoms with Gasteiger partial charge in [0.2, 0.25) is 0 Å². The first-order valence-corrected chi connectivity index (χ1v) is 7.81. The normalized spacial score (nSPS) is 23.0. The van der Waals surface area contributed by atoms with Crippen molar-refractivity contribution in [2.45, 2.75) is 34.1 Å². The lowest BCUT2D eigenvalue weighted by molar-refractivity contribution is 0.545. The molecule has 2 aliphatic rings.